The molecule has 3 N–H and O–H groups in total. The van der Waals surface area contributed by atoms with Crippen molar-refractivity contribution >= 4 is 58.2 Å². The number of hydrogen-bond donors (Lipinski definition) is 3. The number of aromatic nitrogens is 1. The Bertz CT molecular complexity index is 1140. The highest BCUT2D eigenvalue weighted by molar-refractivity contribution is 7.71. The minimum Gasteiger partial charge on any atom is -0.386 e. The van der Waals surface area contributed by atoms with E-state index in [0.29, 0.717) is 0 Å². The van der Waals surface area contributed by atoms with E-state index in [1.807, 2.05) is 6.07 Å². The first-order chi connectivity index (χ1) is 12.2. The van der Waals surface area contributed by atoms with E-state index in [4.69, 9.17) is 12.2 Å². The number of fused-ring (bicyclic) bond motifs is 2. The van der Waals surface area contributed by atoms with Gasteiger partial charge in [-0.15, -0.1) is 0 Å². The van der Waals surface area contributed by atoms with Crippen molar-refractivity contribution in [2.45, 2.75) is 13.8 Å². The molecule has 2 aromatic rings. The lowest BCUT2D eigenvalue weighted by atomic mass is 9.97. The summed E-state index contributed by atoms with van der Waals surface area (Å²) in [7, 11) is 0. The molecular weight excluding hydrogens is 360 g/mol. The highest BCUT2D eigenvalue weighted by atomic mass is 32.1. The summed E-state index contributed by atoms with van der Waals surface area (Å²) in [4.78, 5) is 50.0. The molecule has 0 saturated heterocycles. The Morgan fingerprint density at radius 3 is 2.42 bits per heavy atom. The van der Waals surface area contributed by atoms with Crippen molar-refractivity contribution in [3.8, 4) is 6.07 Å². The molecular formula is C16H10N4O5S. The average molecular weight is 370 g/mol. The number of cyclic esters (lactones) is 2. The van der Waals surface area contributed by atoms with Gasteiger partial charge in [-0.1, -0.05) is 12.2 Å². The van der Waals surface area contributed by atoms with E-state index in [1.54, 1.807) is 0 Å². The molecule has 1 aliphatic heterocycles. The number of aromatic amines is 1. The monoisotopic (exact) mass is 370 g/mol. The quantitative estimate of drug-likeness (QED) is 0.417. The summed E-state index contributed by atoms with van der Waals surface area (Å²) in [6.07, 6.45) is 0. The van der Waals surface area contributed by atoms with Crippen LogP contribution in [-0.4, -0.2) is 28.7 Å². The van der Waals surface area contributed by atoms with Crippen LogP contribution < -0.4 is 10.6 Å². The molecule has 26 heavy (non-hydrogen) atoms. The second kappa shape index (κ2) is 6.05. The number of nitriles is 1. The molecule has 1 aromatic carbocycles. The maximum absolute atomic E-state index is 12.1. The maximum atomic E-state index is 12.1. The summed E-state index contributed by atoms with van der Waals surface area (Å²) < 4.78 is 4.64. The number of nitrogens with one attached hydrogen (secondary N) is 3. The van der Waals surface area contributed by atoms with Crippen molar-refractivity contribution in [1.29, 1.82) is 5.26 Å². The van der Waals surface area contributed by atoms with E-state index in [0.717, 1.165) is 0 Å². The standard InChI is InChI=1S/C16H10N4O5S/c1-5(21)18-12-10-7(3-8-11(12)16(24)25-15(8)23)9(4-17)14(26)20-13(10)19-6(2)22/h3H,1-2H3,(H,18,21)(H2,19,20,22,26). The molecule has 2 heterocycles. The summed E-state index contributed by atoms with van der Waals surface area (Å²) in [5, 5.41) is 14.8. The van der Waals surface area contributed by atoms with Gasteiger partial charge in [0, 0.05) is 24.6 Å². The van der Waals surface area contributed by atoms with Crippen molar-refractivity contribution in [2.75, 3.05) is 10.6 Å². The second-order valence-corrected chi connectivity index (χ2v) is 5.86. The lowest BCUT2D eigenvalue weighted by Crippen LogP contribution is -2.14. The second-order valence-electron chi connectivity index (χ2n) is 5.45. The first kappa shape index (κ1) is 17.2. The van der Waals surface area contributed by atoms with Crippen LogP contribution in [0.15, 0.2) is 6.07 Å². The lowest BCUT2D eigenvalue weighted by Gasteiger charge is -2.15. The fourth-order valence-electron chi connectivity index (χ4n) is 2.75. The number of rotatable bonds is 2. The summed E-state index contributed by atoms with van der Waals surface area (Å²) >= 11 is 5.13. The Morgan fingerprint density at radius 2 is 1.85 bits per heavy atom. The summed E-state index contributed by atoms with van der Waals surface area (Å²) in [6.45, 7) is 2.46. The van der Waals surface area contributed by atoms with Gasteiger partial charge in [-0.05, 0) is 6.07 Å². The molecule has 2 amide bonds. The topological polar surface area (TPSA) is 141 Å². The number of hydrogen-bond acceptors (Lipinski definition) is 7. The van der Waals surface area contributed by atoms with Crippen molar-refractivity contribution in [2.24, 2.45) is 0 Å². The zero-order valence-corrected chi connectivity index (χ0v) is 14.3. The Hall–Kier alpha value is -3.58. The Morgan fingerprint density at radius 1 is 1.19 bits per heavy atom. The van der Waals surface area contributed by atoms with E-state index >= 15 is 0 Å². The molecule has 9 nitrogen and oxygen atoms in total. The number of carbonyl (C=O) groups excluding carboxylic acids is 4. The third kappa shape index (κ3) is 2.60. The minimum absolute atomic E-state index is 0.0191. The Kier molecular flexibility index (Phi) is 4.01. The van der Waals surface area contributed by atoms with Gasteiger partial charge in [-0.2, -0.15) is 5.26 Å². The number of ether oxygens (including phenoxy) is 1. The van der Waals surface area contributed by atoms with Crippen molar-refractivity contribution in [1.82, 2.24) is 4.98 Å². The molecule has 130 valence electrons. The average Bonchev–Trinajstić information content (AvgIpc) is 2.80. The summed E-state index contributed by atoms with van der Waals surface area (Å²) in [5.74, 6) is -2.74. The van der Waals surface area contributed by atoms with Gasteiger partial charge in [-0.25, -0.2) is 9.59 Å². The van der Waals surface area contributed by atoms with E-state index in [2.05, 4.69) is 20.4 Å². The third-order valence-corrected chi connectivity index (χ3v) is 3.94. The van der Waals surface area contributed by atoms with Crippen LogP contribution in [0.5, 0.6) is 0 Å². The van der Waals surface area contributed by atoms with Gasteiger partial charge in [0.1, 0.15) is 16.5 Å². The van der Waals surface area contributed by atoms with E-state index in [-0.39, 0.29) is 43.6 Å². The SMILES string of the molecule is CC(=O)Nc1[nH]c(=S)c(C#N)c2cc3c(c(NC(C)=O)c12)C(=O)OC3=O. The zero-order chi connectivity index (χ0) is 19.2. The number of H-pyrrole nitrogens is 1. The van der Waals surface area contributed by atoms with Crippen molar-refractivity contribution < 1.29 is 23.9 Å². The van der Waals surface area contributed by atoms with Crippen LogP contribution >= 0.6 is 12.2 Å². The molecule has 0 atom stereocenters. The van der Waals surface area contributed by atoms with Crippen LogP contribution in [0.1, 0.15) is 40.1 Å². The number of esters is 2. The van der Waals surface area contributed by atoms with Crippen LogP contribution in [0, 0.1) is 16.0 Å². The van der Waals surface area contributed by atoms with Gasteiger partial charge in [0.25, 0.3) is 0 Å². The highest BCUT2D eigenvalue weighted by Crippen LogP contribution is 2.39. The molecule has 0 spiro atoms. The lowest BCUT2D eigenvalue weighted by molar-refractivity contribution is -0.115. The van der Waals surface area contributed by atoms with Crippen LogP contribution in [0.4, 0.5) is 11.5 Å². The van der Waals surface area contributed by atoms with Gasteiger partial charge >= 0.3 is 11.9 Å². The van der Waals surface area contributed by atoms with E-state index in [1.165, 1.54) is 19.9 Å². The highest BCUT2D eigenvalue weighted by Gasteiger charge is 2.35. The first-order valence-corrected chi connectivity index (χ1v) is 7.64. The third-order valence-electron chi connectivity index (χ3n) is 3.64. The smallest absolute Gasteiger partial charge is 0.349 e. The van der Waals surface area contributed by atoms with Gasteiger partial charge in [-0.3, -0.25) is 9.59 Å². The summed E-state index contributed by atoms with van der Waals surface area (Å²) in [5.41, 5.74) is -0.283. The predicted molar refractivity (Wildman–Crippen MR) is 92.2 cm³/mol. The predicted octanol–water partition coefficient (Wildman–Crippen LogP) is 2.00. The molecule has 0 aliphatic carbocycles. The van der Waals surface area contributed by atoms with Crippen LogP contribution in [0.25, 0.3) is 10.8 Å². The zero-order valence-electron chi connectivity index (χ0n) is 13.5. The van der Waals surface area contributed by atoms with Gasteiger partial charge < -0.3 is 20.4 Å². The van der Waals surface area contributed by atoms with E-state index in [9.17, 15) is 24.4 Å². The molecule has 0 fully saturated rings. The number of amides is 2. The number of carbonyl (C=O) groups is 4. The maximum Gasteiger partial charge on any atom is 0.349 e. The van der Waals surface area contributed by atoms with E-state index < -0.39 is 23.8 Å². The minimum atomic E-state index is -0.939. The van der Waals surface area contributed by atoms with Crippen LogP contribution in [0.2, 0.25) is 0 Å². The molecule has 0 bridgehead atoms. The molecule has 1 aromatic heterocycles. The number of benzene rings is 1. The van der Waals surface area contributed by atoms with Gasteiger partial charge in [0.15, 0.2) is 0 Å². The molecule has 0 saturated carbocycles. The fourth-order valence-corrected chi connectivity index (χ4v) is 3.00. The largest absolute Gasteiger partial charge is 0.386 e. The van der Waals surface area contributed by atoms with Crippen LogP contribution in [-0.2, 0) is 14.3 Å². The number of pyridine rings is 1. The van der Waals surface area contributed by atoms with Crippen LogP contribution in [0.3, 0.4) is 0 Å². The number of nitrogens with zero attached hydrogens (tertiary/aromatic N) is 1. The van der Waals surface area contributed by atoms with Gasteiger partial charge in [0.05, 0.1) is 22.4 Å². The molecule has 3 rings (SSSR count). The normalized spacial score (nSPS) is 12.3. The fraction of sp³-hybridized carbons (Fsp3) is 0.125. The molecule has 10 heteroatoms. The molecule has 0 unspecified atom stereocenters. The Balaban J connectivity index is 2.58. The first-order valence-electron chi connectivity index (χ1n) is 7.23. The Labute approximate surface area is 150 Å². The molecule has 0 radical (unpaired) electrons. The van der Waals surface area contributed by atoms with Gasteiger partial charge in [0.2, 0.25) is 11.8 Å². The molecule has 1 aliphatic rings. The van der Waals surface area contributed by atoms with Crippen molar-refractivity contribution in [3.05, 3.63) is 27.4 Å². The number of anilines is 2. The summed E-state index contributed by atoms with van der Waals surface area (Å²) in [6, 6.07) is 3.21. The van der Waals surface area contributed by atoms with Crippen molar-refractivity contribution in [3.63, 3.8) is 0 Å².